The molecule has 3 aromatic carbocycles. The highest BCUT2D eigenvalue weighted by atomic mass is 35.5. The Morgan fingerprint density at radius 1 is 0.933 bits per heavy atom. The summed E-state index contributed by atoms with van der Waals surface area (Å²) < 4.78 is 0. The van der Waals surface area contributed by atoms with Crippen LogP contribution in [0, 0.1) is 0 Å². The van der Waals surface area contributed by atoms with Crippen molar-refractivity contribution in [3.05, 3.63) is 95.0 Å². The number of anilines is 2. The SMILES string of the molecule is CCN(C(=O)c1cccc(NC(=O)CNCc2ccccc2Cl)c1)c1ccccc1. The molecule has 3 rings (SSSR count). The molecule has 0 radical (unpaired) electrons. The second kappa shape index (κ2) is 10.6. The third kappa shape index (κ3) is 5.69. The zero-order valence-electron chi connectivity index (χ0n) is 16.8. The standard InChI is InChI=1S/C24H24ClN3O2/c1-2-28(21-12-4-3-5-13-21)24(30)18-10-8-11-20(15-18)27-23(29)17-26-16-19-9-6-7-14-22(19)25/h3-15,26H,2,16-17H2,1H3,(H,27,29). The molecule has 30 heavy (non-hydrogen) atoms. The van der Waals surface area contributed by atoms with Gasteiger partial charge in [0.2, 0.25) is 5.91 Å². The first-order chi connectivity index (χ1) is 14.6. The smallest absolute Gasteiger partial charge is 0.258 e. The van der Waals surface area contributed by atoms with Crippen molar-refractivity contribution in [1.29, 1.82) is 0 Å². The molecule has 6 heteroatoms. The molecule has 0 saturated carbocycles. The number of benzene rings is 3. The van der Waals surface area contributed by atoms with E-state index in [1.165, 1.54) is 0 Å². The lowest BCUT2D eigenvalue weighted by molar-refractivity contribution is -0.115. The van der Waals surface area contributed by atoms with Crippen molar-refractivity contribution < 1.29 is 9.59 Å². The number of hydrogen-bond acceptors (Lipinski definition) is 3. The van der Waals surface area contributed by atoms with Gasteiger partial charge in [0, 0.05) is 35.1 Å². The van der Waals surface area contributed by atoms with E-state index in [1.807, 2.05) is 61.5 Å². The van der Waals surface area contributed by atoms with Crippen molar-refractivity contribution in [1.82, 2.24) is 5.32 Å². The minimum Gasteiger partial charge on any atom is -0.325 e. The highest BCUT2D eigenvalue weighted by molar-refractivity contribution is 6.31. The molecule has 0 aliphatic rings. The summed E-state index contributed by atoms with van der Waals surface area (Å²) in [6, 6.07) is 24.0. The quantitative estimate of drug-likeness (QED) is 0.552. The normalized spacial score (nSPS) is 10.5. The number of nitrogens with one attached hydrogen (secondary N) is 2. The molecule has 5 nitrogen and oxygen atoms in total. The van der Waals surface area contributed by atoms with E-state index in [4.69, 9.17) is 11.6 Å². The molecule has 0 saturated heterocycles. The third-order valence-corrected chi connectivity index (χ3v) is 4.95. The van der Waals surface area contributed by atoms with Crippen LogP contribution in [-0.4, -0.2) is 24.9 Å². The van der Waals surface area contributed by atoms with Gasteiger partial charge in [0.15, 0.2) is 0 Å². The van der Waals surface area contributed by atoms with Gasteiger partial charge in [-0.2, -0.15) is 0 Å². The third-order valence-electron chi connectivity index (χ3n) is 4.58. The molecule has 154 valence electrons. The largest absolute Gasteiger partial charge is 0.325 e. The molecule has 0 aliphatic heterocycles. The zero-order valence-corrected chi connectivity index (χ0v) is 17.5. The summed E-state index contributed by atoms with van der Waals surface area (Å²) in [6.45, 7) is 3.11. The van der Waals surface area contributed by atoms with Crippen LogP contribution in [-0.2, 0) is 11.3 Å². The van der Waals surface area contributed by atoms with Crippen LogP contribution in [0.4, 0.5) is 11.4 Å². The summed E-state index contributed by atoms with van der Waals surface area (Å²) in [6.07, 6.45) is 0. The average molecular weight is 422 g/mol. The molecular formula is C24H24ClN3O2. The number of para-hydroxylation sites is 1. The van der Waals surface area contributed by atoms with E-state index < -0.39 is 0 Å². The predicted molar refractivity (Wildman–Crippen MR) is 122 cm³/mol. The van der Waals surface area contributed by atoms with Crippen molar-refractivity contribution in [3.63, 3.8) is 0 Å². The molecule has 0 heterocycles. The van der Waals surface area contributed by atoms with Crippen molar-refractivity contribution in [2.45, 2.75) is 13.5 Å². The van der Waals surface area contributed by atoms with Crippen molar-refractivity contribution >= 4 is 34.8 Å². The molecule has 2 N–H and O–H groups in total. The van der Waals surface area contributed by atoms with Crippen LogP contribution in [0.3, 0.4) is 0 Å². The van der Waals surface area contributed by atoms with Crippen molar-refractivity contribution in [2.24, 2.45) is 0 Å². The van der Waals surface area contributed by atoms with Gasteiger partial charge in [0.25, 0.3) is 5.91 Å². The molecule has 0 aromatic heterocycles. The summed E-state index contributed by atoms with van der Waals surface area (Å²) in [4.78, 5) is 26.9. The van der Waals surface area contributed by atoms with Crippen LogP contribution >= 0.6 is 11.6 Å². The fraction of sp³-hybridized carbons (Fsp3) is 0.167. The van der Waals surface area contributed by atoms with E-state index >= 15 is 0 Å². The molecule has 3 aromatic rings. The minimum atomic E-state index is -0.193. The van der Waals surface area contributed by atoms with E-state index in [2.05, 4.69) is 10.6 Å². The van der Waals surface area contributed by atoms with E-state index in [0.29, 0.717) is 29.4 Å². The highest BCUT2D eigenvalue weighted by Crippen LogP contribution is 2.19. The van der Waals surface area contributed by atoms with Gasteiger partial charge in [-0.05, 0) is 48.9 Å². The van der Waals surface area contributed by atoms with Gasteiger partial charge in [-0.3, -0.25) is 9.59 Å². The van der Waals surface area contributed by atoms with Gasteiger partial charge in [0.1, 0.15) is 0 Å². The van der Waals surface area contributed by atoms with Crippen LogP contribution in [0.15, 0.2) is 78.9 Å². The first kappa shape index (κ1) is 21.6. The van der Waals surface area contributed by atoms with Gasteiger partial charge < -0.3 is 15.5 Å². The summed E-state index contributed by atoms with van der Waals surface area (Å²) in [5, 5.41) is 6.57. The Morgan fingerprint density at radius 3 is 2.40 bits per heavy atom. The van der Waals surface area contributed by atoms with Crippen LogP contribution in [0.5, 0.6) is 0 Å². The van der Waals surface area contributed by atoms with Gasteiger partial charge >= 0.3 is 0 Å². The molecule has 0 fully saturated rings. The minimum absolute atomic E-state index is 0.114. The maximum atomic E-state index is 13.0. The Morgan fingerprint density at radius 2 is 1.67 bits per heavy atom. The van der Waals surface area contributed by atoms with Crippen LogP contribution in [0.25, 0.3) is 0 Å². The maximum absolute atomic E-state index is 13.0. The lowest BCUT2D eigenvalue weighted by atomic mass is 10.1. The van der Waals surface area contributed by atoms with Gasteiger partial charge in [-0.1, -0.05) is 54.1 Å². The summed E-state index contributed by atoms with van der Waals surface area (Å²) in [7, 11) is 0. The first-order valence-electron chi connectivity index (χ1n) is 9.79. The fourth-order valence-electron chi connectivity index (χ4n) is 3.09. The number of halogens is 1. The van der Waals surface area contributed by atoms with E-state index in [0.717, 1.165) is 11.3 Å². The molecule has 0 unspecified atom stereocenters. The van der Waals surface area contributed by atoms with Gasteiger partial charge in [0.05, 0.1) is 6.54 Å². The van der Waals surface area contributed by atoms with Crippen molar-refractivity contribution in [3.8, 4) is 0 Å². The average Bonchev–Trinajstić information content (AvgIpc) is 2.76. The van der Waals surface area contributed by atoms with Gasteiger partial charge in [-0.25, -0.2) is 0 Å². The van der Waals surface area contributed by atoms with Crippen LogP contribution in [0.2, 0.25) is 5.02 Å². The van der Waals surface area contributed by atoms with Crippen LogP contribution < -0.4 is 15.5 Å². The maximum Gasteiger partial charge on any atom is 0.258 e. The second-order valence-electron chi connectivity index (χ2n) is 6.71. The summed E-state index contributed by atoms with van der Waals surface area (Å²) >= 11 is 6.12. The lowest BCUT2D eigenvalue weighted by Crippen LogP contribution is -2.31. The highest BCUT2D eigenvalue weighted by Gasteiger charge is 2.16. The Labute approximate surface area is 181 Å². The van der Waals surface area contributed by atoms with E-state index in [-0.39, 0.29) is 18.4 Å². The zero-order chi connectivity index (χ0) is 21.3. The lowest BCUT2D eigenvalue weighted by Gasteiger charge is -2.21. The number of amides is 2. The Bertz CT molecular complexity index is 1010. The Hall–Kier alpha value is -3.15. The van der Waals surface area contributed by atoms with Gasteiger partial charge in [-0.15, -0.1) is 0 Å². The molecular weight excluding hydrogens is 398 g/mol. The molecule has 0 spiro atoms. The van der Waals surface area contributed by atoms with E-state index in [9.17, 15) is 9.59 Å². The van der Waals surface area contributed by atoms with Crippen molar-refractivity contribution in [2.75, 3.05) is 23.3 Å². The number of nitrogens with zero attached hydrogens (tertiary/aromatic N) is 1. The summed E-state index contributed by atoms with van der Waals surface area (Å²) in [5.41, 5.74) is 2.86. The monoisotopic (exact) mass is 421 g/mol. The number of rotatable bonds is 8. The first-order valence-corrected chi connectivity index (χ1v) is 10.2. The van der Waals surface area contributed by atoms with E-state index in [1.54, 1.807) is 29.2 Å². The molecule has 0 aliphatic carbocycles. The number of carbonyl (C=O) groups is 2. The molecule has 0 atom stereocenters. The molecule has 0 bridgehead atoms. The van der Waals surface area contributed by atoms with Crippen LogP contribution in [0.1, 0.15) is 22.8 Å². The number of carbonyl (C=O) groups excluding carboxylic acids is 2. The Balaban J connectivity index is 1.60. The summed E-state index contributed by atoms with van der Waals surface area (Å²) in [5.74, 6) is -0.307. The second-order valence-corrected chi connectivity index (χ2v) is 7.12. The topological polar surface area (TPSA) is 61.4 Å². The fourth-order valence-corrected chi connectivity index (χ4v) is 3.30. The molecule has 2 amide bonds. The predicted octanol–water partition coefficient (Wildman–Crippen LogP) is 4.74. The number of hydrogen-bond donors (Lipinski definition) is 2. The Kier molecular flexibility index (Phi) is 7.60.